The van der Waals surface area contributed by atoms with E-state index in [0.29, 0.717) is 6.26 Å². The van der Waals surface area contributed by atoms with Crippen LogP contribution in [0.1, 0.15) is 5.56 Å². The molecule has 0 aliphatic rings. The molecule has 0 amide bonds. The van der Waals surface area contributed by atoms with Gasteiger partial charge in [-0.2, -0.15) is 4.39 Å². The summed E-state index contributed by atoms with van der Waals surface area (Å²) in [5, 5.41) is -2.13. The van der Waals surface area contributed by atoms with Crippen molar-refractivity contribution in [2.24, 2.45) is 0 Å². The second-order valence-electron chi connectivity index (χ2n) is 2.99. The number of halogens is 7. The molecule has 0 aromatic heterocycles. The van der Waals surface area contributed by atoms with Crippen molar-refractivity contribution in [2.75, 3.05) is 6.26 Å². The van der Waals surface area contributed by atoms with E-state index in [1.54, 1.807) is 0 Å². The lowest BCUT2D eigenvalue weighted by atomic mass is 10.1. The van der Waals surface area contributed by atoms with Gasteiger partial charge >= 0.3 is 0 Å². The van der Waals surface area contributed by atoms with Gasteiger partial charge in [0.05, 0.1) is 16.4 Å². The normalized spacial score (nSPS) is 14.4. The summed E-state index contributed by atoms with van der Waals surface area (Å²) in [6.07, 6.45) is 0.626. The number of rotatable bonds is 2. The average Bonchev–Trinajstić information content (AvgIpc) is 2.32. The molecule has 0 aliphatic heterocycles. The van der Waals surface area contributed by atoms with E-state index in [-0.39, 0.29) is 0 Å². The minimum absolute atomic E-state index is 0.626. The summed E-state index contributed by atoms with van der Waals surface area (Å²) < 4.78 is 101. The summed E-state index contributed by atoms with van der Waals surface area (Å²) in [6, 6.07) is 0. The largest absolute Gasteiger partial charge is 0.252 e. The summed E-state index contributed by atoms with van der Waals surface area (Å²) in [6.45, 7) is 0. The van der Waals surface area contributed by atoms with Gasteiger partial charge in [-0.15, -0.1) is 0 Å². The maximum Gasteiger partial charge on any atom is 0.222 e. The zero-order chi connectivity index (χ0) is 14.2. The fourth-order valence-corrected chi connectivity index (χ4v) is 1.38. The molecule has 100 valence electrons. The van der Waals surface area contributed by atoms with E-state index >= 15 is 0 Å². The second-order valence-corrected chi connectivity index (χ2v) is 4.25. The van der Waals surface area contributed by atoms with E-state index in [4.69, 9.17) is 0 Å². The van der Waals surface area contributed by atoms with Crippen molar-refractivity contribution in [1.82, 2.24) is 0 Å². The highest BCUT2D eigenvalue weighted by Crippen LogP contribution is 2.31. The van der Waals surface area contributed by atoms with Crippen LogP contribution in [0, 0.1) is 29.1 Å². The molecule has 1 rings (SSSR count). The van der Waals surface area contributed by atoms with E-state index in [2.05, 4.69) is 0 Å². The van der Waals surface area contributed by atoms with Gasteiger partial charge in [0.2, 0.25) is 11.0 Å². The third-order valence-electron chi connectivity index (χ3n) is 1.85. The van der Waals surface area contributed by atoms with Crippen molar-refractivity contribution in [3.8, 4) is 0 Å². The summed E-state index contributed by atoms with van der Waals surface area (Å²) in [7, 11) is -2.61. The third kappa shape index (κ3) is 2.26. The summed E-state index contributed by atoms with van der Waals surface area (Å²) in [4.78, 5) is 0. The lowest BCUT2D eigenvalue weighted by Crippen LogP contribution is -2.06. The molecule has 1 nitrogen and oxygen atoms in total. The van der Waals surface area contributed by atoms with Crippen molar-refractivity contribution in [3.63, 3.8) is 0 Å². The summed E-state index contributed by atoms with van der Waals surface area (Å²) >= 11 is 0. The molecule has 9 heteroatoms. The van der Waals surface area contributed by atoms with Gasteiger partial charge < -0.3 is 0 Å². The Bertz CT molecular complexity index is 538. The average molecular weight is 292 g/mol. The Balaban J connectivity index is 3.73. The maximum atomic E-state index is 13.2. The highest BCUT2D eigenvalue weighted by molar-refractivity contribution is 7.88. The Morgan fingerprint density at radius 2 is 1.17 bits per heavy atom. The molecular weight excluding hydrogens is 289 g/mol. The Labute approximate surface area is 98.4 Å². The molecule has 18 heavy (non-hydrogen) atoms. The number of benzene rings is 1. The Kier molecular flexibility index (Phi) is 4.15. The SMILES string of the molecule is CS(=O)/C(F)=C(/F)c1c(F)c(F)c(F)c(F)c1F. The molecule has 1 unspecified atom stereocenters. The third-order valence-corrected chi connectivity index (χ3v) is 2.54. The van der Waals surface area contributed by atoms with Crippen LogP contribution in [0.2, 0.25) is 0 Å². The zero-order valence-corrected chi connectivity index (χ0v) is 9.28. The minimum Gasteiger partial charge on any atom is -0.252 e. The summed E-state index contributed by atoms with van der Waals surface area (Å²) in [5.41, 5.74) is -2.08. The van der Waals surface area contributed by atoms with Crippen molar-refractivity contribution < 1.29 is 34.9 Å². The molecule has 1 atom stereocenters. The molecule has 0 saturated heterocycles. The van der Waals surface area contributed by atoms with Gasteiger partial charge in [-0.3, -0.25) is 4.21 Å². The van der Waals surface area contributed by atoms with E-state index in [9.17, 15) is 34.9 Å². The molecule has 1 aromatic carbocycles. The van der Waals surface area contributed by atoms with Crippen LogP contribution in [-0.4, -0.2) is 10.5 Å². The van der Waals surface area contributed by atoms with Crippen LogP contribution in [0.3, 0.4) is 0 Å². The van der Waals surface area contributed by atoms with Crippen LogP contribution in [-0.2, 0) is 10.8 Å². The first-order valence-electron chi connectivity index (χ1n) is 4.10. The Morgan fingerprint density at radius 1 is 0.833 bits per heavy atom. The van der Waals surface area contributed by atoms with Crippen molar-refractivity contribution in [3.05, 3.63) is 39.8 Å². The monoisotopic (exact) mass is 292 g/mol. The lowest BCUT2D eigenvalue weighted by molar-refractivity contribution is 0.374. The molecule has 0 radical (unpaired) electrons. The predicted molar refractivity (Wildman–Crippen MR) is 49.4 cm³/mol. The zero-order valence-electron chi connectivity index (χ0n) is 8.46. The van der Waals surface area contributed by atoms with Crippen LogP contribution < -0.4 is 0 Å². The van der Waals surface area contributed by atoms with Crippen LogP contribution in [0.4, 0.5) is 30.7 Å². The molecule has 0 fully saturated rings. The molecule has 0 bridgehead atoms. The first kappa shape index (κ1) is 14.7. The van der Waals surface area contributed by atoms with E-state index in [1.165, 1.54) is 0 Å². The standard InChI is InChI=1S/C9H3F7OS/c1-18(17)9(16)5(12)2-3(10)6(13)8(15)7(14)4(2)11/h1H3/b9-5+. The highest BCUT2D eigenvalue weighted by atomic mass is 32.2. The van der Waals surface area contributed by atoms with Gasteiger partial charge in [0.15, 0.2) is 29.1 Å². The van der Waals surface area contributed by atoms with Crippen LogP contribution in [0.5, 0.6) is 0 Å². The quantitative estimate of drug-likeness (QED) is 0.464. The van der Waals surface area contributed by atoms with Gasteiger partial charge in [0.1, 0.15) is 0 Å². The number of hydrogen-bond acceptors (Lipinski definition) is 1. The first-order valence-corrected chi connectivity index (χ1v) is 5.66. The number of hydrogen-bond donors (Lipinski definition) is 0. The van der Waals surface area contributed by atoms with E-state index in [1.807, 2.05) is 0 Å². The van der Waals surface area contributed by atoms with Gasteiger partial charge in [0.25, 0.3) is 0 Å². The van der Waals surface area contributed by atoms with Crippen LogP contribution >= 0.6 is 0 Å². The highest BCUT2D eigenvalue weighted by Gasteiger charge is 2.30. The molecular formula is C9H3F7OS. The maximum absolute atomic E-state index is 13.2. The molecule has 0 aliphatic carbocycles. The van der Waals surface area contributed by atoms with Crippen molar-refractivity contribution in [1.29, 1.82) is 0 Å². The van der Waals surface area contributed by atoms with Gasteiger partial charge in [-0.1, -0.05) is 0 Å². The van der Waals surface area contributed by atoms with Crippen LogP contribution in [0.15, 0.2) is 5.16 Å². The summed E-state index contributed by atoms with van der Waals surface area (Å²) in [5.74, 6) is -14.8. The molecule has 0 spiro atoms. The fraction of sp³-hybridized carbons (Fsp3) is 0.111. The molecule has 1 aromatic rings. The van der Waals surface area contributed by atoms with Crippen LogP contribution in [0.25, 0.3) is 5.83 Å². The topological polar surface area (TPSA) is 17.1 Å². The molecule has 0 heterocycles. The first-order chi connectivity index (χ1) is 8.20. The van der Waals surface area contributed by atoms with Gasteiger partial charge in [0, 0.05) is 6.26 Å². The van der Waals surface area contributed by atoms with Gasteiger partial charge in [-0.05, 0) is 0 Å². The lowest BCUT2D eigenvalue weighted by Gasteiger charge is -2.06. The van der Waals surface area contributed by atoms with E-state index < -0.39 is 56.4 Å². The van der Waals surface area contributed by atoms with E-state index in [0.717, 1.165) is 0 Å². The van der Waals surface area contributed by atoms with Crippen molar-refractivity contribution >= 4 is 16.6 Å². The molecule has 0 N–H and O–H groups in total. The fourth-order valence-electron chi connectivity index (χ4n) is 1.02. The minimum atomic E-state index is -2.61. The smallest absolute Gasteiger partial charge is 0.222 e. The second kappa shape index (κ2) is 5.09. The Morgan fingerprint density at radius 3 is 1.50 bits per heavy atom. The molecule has 0 saturated carbocycles. The van der Waals surface area contributed by atoms with Crippen molar-refractivity contribution in [2.45, 2.75) is 0 Å². The van der Waals surface area contributed by atoms with Gasteiger partial charge in [-0.25, -0.2) is 26.3 Å². The predicted octanol–water partition coefficient (Wildman–Crippen LogP) is 3.33. The Hall–Kier alpha value is -1.38.